The van der Waals surface area contributed by atoms with E-state index in [1.807, 2.05) is 6.07 Å². The molecule has 1 saturated carbocycles. The molecule has 0 amide bonds. The molecule has 0 spiro atoms. The summed E-state index contributed by atoms with van der Waals surface area (Å²) in [7, 11) is 0. The van der Waals surface area contributed by atoms with Gasteiger partial charge in [-0.1, -0.05) is 43.5 Å². The lowest BCUT2D eigenvalue weighted by molar-refractivity contribution is -0.137. The number of carbonyl (C=O) groups is 2. The smallest absolute Gasteiger partial charge is 0.303 e. The maximum atomic E-state index is 12.3. The number of carboxylic acids is 1. The number of aliphatic carboxylic acids is 1. The summed E-state index contributed by atoms with van der Waals surface area (Å²) >= 11 is 0. The molecule has 4 N–H and O–H groups in total. The van der Waals surface area contributed by atoms with Gasteiger partial charge in [-0.15, -0.1) is 0 Å². The number of aryl methyl sites for hydroxylation is 1. The van der Waals surface area contributed by atoms with Crippen LogP contribution < -0.4 is 0 Å². The average Bonchev–Trinajstić information content (AvgIpc) is 2.92. The van der Waals surface area contributed by atoms with E-state index in [0.29, 0.717) is 19.3 Å². The van der Waals surface area contributed by atoms with E-state index >= 15 is 0 Å². The molecule has 0 aromatic heterocycles. The summed E-state index contributed by atoms with van der Waals surface area (Å²) < 4.78 is 0. The van der Waals surface area contributed by atoms with E-state index in [1.165, 1.54) is 0 Å². The zero-order valence-corrected chi connectivity index (χ0v) is 17.0. The van der Waals surface area contributed by atoms with Gasteiger partial charge >= 0.3 is 5.97 Å². The van der Waals surface area contributed by atoms with Crippen molar-refractivity contribution in [3.8, 4) is 5.75 Å². The average molecular weight is 405 g/mol. The number of hydrogen-bond acceptors (Lipinski definition) is 5. The maximum absolute atomic E-state index is 12.3. The van der Waals surface area contributed by atoms with Crippen molar-refractivity contribution in [2.45, 2.75) is 70.5 Å². The van der Waals surface area contributed by atoms with E-state index in [4.69, 9.17) is 5.11 Å². The number of hydrogen-bond donors (Lipinski definition) is 4. The van der Waals surface area contributed by atoms with Crippen molar-refractivity contribution in [1.29, 1.82) is 0 Å². The standard InChI is InChI=1S/C23H32O6/c1-15-12-16(8-11-20(15)25)13-17(24)9-10-19-18(21(26)14-22(19)27)6-4-2-3-5-7-23(28)29/h8-12,17-19,22,24-25,27H,2-7,13-14H2,1H3,(H,28,29)/b10-9+/t17-,18-,19-,22-/m1/s1. The summed E-state index contributed by atoms with van der Waals surface area (Å²) in [5.41, 5.74) is 1.65. The van der Waals surface area contributed by atoms with Crippen LogP contribution in [-0.2, 0) is 16.0 Å². The van der Waals surface area contributed by atoms with Gasteiger partial charge in [0.2, 0.25) is 0 Å². The minimum Gasteiger partial charge on any atom is -0.508 e. The first kappa shape index (κ1) is 23.1. The summed E-state index contributed by atoms with van der Waals surface area (Å²) in [6.45, 7) is 1.80. The molecule has 1 aromatic carbocycles. The van der Waals surface area contributed by atoms with Gasteiger partial charge in [-0.05, 0) is 37.0 Å². The van der Waals surface area contributed by atoms with E-state index < -0.39 is 18.2 Å². The zero-order valence-electron chi connectivity index (χ0n) is 17.0. The van der Waals surface area contributed by atoms with Gasteiger partial charge in [-0.2, -0.15) is 0 Å². The Labute approximate surface area is 171 Å². The third kappa shape index (κ3) is 7.29. The van der Waals surface area contributed by atoms with Crippen LogP contribution in [0.4, 0.5) is 0 Å². The monoisotopic (exact) mass is 404 g/mol. The Morgan fingerprint density at radius 1 is 1.24 bits per heavy atom. The van der Waals surface area contributed by atoms with Crippen molar-refractivity contribution < 1.29 is 30.0 Å². The highest BCUT2D eigenvalue weighted by Crippen LogP contribution is 2.34. The molecule has 0 aliphatic heterocycles. The van der Waals surface area contributed by atoms with E-state index in [1.54, 1.807) is 31.2 Å². The van der Waals surface area contributed by atoms with Crippen LogP contribution in [-0.4, -0.2) is 44.4 Å². The number of phenols is 1. The first-order valence-electron chi connectivity index (χ1n) is 10.4. The van der Waals surface area contributed by atoms with Crippen molar-refractivity contribution in [3.63, 3.8) is 0 Å². The lowest BCUT2D eigenvalue weighted by Crippen LogP contribution is -2.19. The van der Waals surface area contributed by atoms with E-state index in [0.717, 1.165) is 30.4 Å². The van der Waals surface area contributed by atoms with Gasteiger partial charge in [-0.3, -0.25) is 9.59 Å². The highest BCUT2D eigenvalue weighted by molar-refractivity contribution is 5.84. The molecule has 4 atom stereocenters. The molecule has 0 radical (unpaired) electrons. The molecule has 160 valence electrons. The van der Waals surface area contributed by atoms with E-state index in [-0.39, 0.29) is 36.2 Å². The van der Waals surface area contributed by atoms with Crippen molar-refractivity contribution in [2.24, 2.45) is 11.8 Å². The highest BCUT2D eigenvalue weighted by Gasteiger charge is 2.39. The number of phenolic OH excluding ortho intramolecular Hbond substituents is 1. The van der Waals surface area contributed by atoms with Crippen LogP contribution in [0.25, 0.3) is 0 Å². The third-order valence-corrected chi connectivity index (χ3v) is 5.65. The molecule has 1 aromatic rings. The number of carboxylic acid groups (broad SMARTS) is 1. The Morgan fingerprint density at radius 3 is 2.66 bits per heavy atom. The number of ketones is 1. The van der Waals surface area contributed by atoms with Crippen LogP contribution in [0.3, 0.4) is 0 Å². The maximum Gasteiger partial charge on any atom is 0.303 e. The first-order chi connectivity index (χ1) is 13.8. The Kier molecular flexibility index (Phi) is 8.86. The predicted molar refractivity (Wildman–Crippen MR) is 110 cm³/mol. The van der Waals surface area contributed by atoms with Gasteiger partial charge in [0.1, 0.15) is 11.5 Å². The fraction of sp³-hybridized carbons (Fsp3) is 0.565. The Hall–Kier alpha value is -2.18. The third-order valence-electron chi connectivity index (χ3n) is 5.65. The second-order valence-corrected chi connectivity index (χ2v) is 8.05. The second-order valence-electron chi connectivity index (χ2n) is 8.05. The van der Waals surface area contributed by atoms with Crippen LogP contribution in [0.2, 0.25) is 0 Å². The van der Waals surface area contributed by atoms with E-state index in [2.05, 4.69) is 0 Å². The van der Waals surface area contributed by atoms with Crippen molar-refractivity contribution in [2.75, 3.05) is 0 Å². The molecule has 29 heavy (non-hydrogen) atoms. The molecular formula is C23H32O6. The van der Waals surface area contributed by atoms with Gasteiger partial charge in [0, 0.05) is 31.1 Å². The summed E-state index contributed by atoms with van der Waals surface area (Å²) in [5.74, 6) is -1.05. The number of unbranched alkanes of at least 4 members (excludes halogenated alkanes) is 3. The zero-order chi connectivity index (χ0) is 21.4. The van der Waals surface area contributed by atoms with Crippen molar-refractivity contribution in [3.05, 3.63) is 41.5 Å². The second kappa shape index (κ2) is 11.1. The molecule has 1 aliphatic rings. The molecule has 1 fully saturated rings. The lowest BCUT2D eigenvalue weighted by Gasteiger charge is -2.18. The van der Waals surface area contributed by atoms with Gasteiger partial charge in [-0.25, -0.2) is 0 Å². The van der Waals surface area contributed by atoms with Gasteiger partial charge < -0.3 is 20.4 Å². The summed E-state index contributed by atoms with van der Waals surface area (Å²) in [5, 5.41) is 38.8. The molecule has 6 nitrogen and oxygen atoms in total. The molecule has 0 unspecified atom stereocenters. The molecule has 0 bridgehead atoms. The van der Waals surface area contributed by atoms with Gasteiger partial charge in [0.05, 0.1) is 12.2 Å². The van der Waals surface area contributed by atoms with Crippen LogP contribution in [0.5, 0.6) is 5.75 Å². The van der Waals surface area contributed by atoms with Crippen LogP contribution >= 0.6 is 0 Å². The minimum absolute atomic E-state index is 0.0568. The molecule has 0 saturated heterocycles. The molecule has 2 rings (SSSR count). The number of Topliss-reactive ketones (excluding diaryl/α,β-unsaturated/α-hetero) is 1. The molecule has 0 heterocycles. The minimum atomic E-state index is -0.787. The Morgan fingerprint density at radius 2 is 1.97 bits per heavy atom. The number of aliphatic hydroxyl groups excluding tert-OH is 2. The highest BCUT2D eigenvalue weighted by atomic mass is 16.4. The molecule has 1 aliphatic carbocycles. The number of rotatable bonds is 11. The number of aromatic hydroxyl groups is 1. The molecule has 6 heteroatoms. The van der Waals surface area contributed by atoms with Crippen LogP contribution in [0.15, 0.2) is 30.4 Å². The summed E-state index contributed by atoms with van der Waals surface area (Å²) in [6, 6.07) is 5.20. The predicted octanol–water partition coefficient (Wildman–Crippen LogP) is 3.15. The topological polar surface area (TPSA) is 115 Å². The largest absolute Gasteiger partial charge is 0.508 e. The number of aliphatic hydroxyl groups is 2. The summed E-state index contributed by atoms with van der Waals surface area (Å²) in [4.78, 5) is 22.8. The van der Waals surface area contributed by atoms with Gasteiger partial charge in [0.15, 0.2) is 0 Å². The first-order valence-corrected chi connectivity index (χ1v) is 10.4. The SMILES string of the molecule is Cc1cc(C[C@H](O)/C=C/[C@H]2[C@H](O)CC(=O)[C@@H]2CCCCCCC(=O)O)ccc1O. The van der Waals surface area contributed by atoms with Crippen molar-refractivity contribution in [1.82, 2.24) is 0 Å². The summed E-state index contributed by atoms with van der Waals surface area (Å²) in [6.07, 6.45) is 6.48. The number of benzene rings is 1. The number of carbonyl (C=O) groups excluding carboxylic acids is 1. The fourth-order valence-corrected chi connectivity index (χ4v) is 4.00. The quantitative estimate of drug-likeness (QED) is 0.333. The van der Waals surface area contributed by atoms with Gasteiger partial charge in [0.25, 0.3) is 0 Å². The normalized spacial score (nSPS) is 23.0. The van der Waals surface area contributed by atoms with E-state index in [9.17, 15) is 24.9 Å². The van der Waals surface area contributed by atoms with Crippen LogP contribution in [0.1, 0.15) is 56.1 Å². The van der Waals surface area contributed by atoms with Crippen LogP contribution in [0, 0.1) is 18.8 Å². The fourth-order valence-electron chi connectivity index (χ4n) is 4.00. The molecular weight excluding hydrogens is 372 g/mol. The Bertz CT molecular complexity index is 726. The Balaban J connectivity index is 1.85. The van der Waals surface area contributed by atoms with Crippen molar-refractivity contribution >= 4 is 11.8 Å². The lowest BCUT2D eigenvalue weighted by atomic mass is 9.88.